The Morgan fingerprint density at radius 1 is 1.04 bits per heavy atom. The first-order chi connectivity index (χ1) is 12.9. The number of rotatable bonds is 5. The number of nitrogens with zero attached hydrogens (tertiary/aromatic N) is 2. The number of hydrogen-bond acceptors (Lipinski definition) is 7. The first kappa shape index (κ1) is 19.2. The van der Waals surface area contributed by atoms with E-state index < -0.39 is 28.4 Å². The third kappa shape index (κ3) is 4.39. The highest BCUT2D eigenvalue weighted by molar-refractivity contribution is 7.89. The first-order valence-electron chi connectivity index (χ1n) is 7.43. The van der Waals surface area contributed by atoms with Gasteiger partial charge in [0.1, 0.15) is 15.9 Å². The lowest BCUT2D eigenvalue weighted by atomic mass is 10.2. The summed E-state index contributed by atoms with van der Waals surface area (Å²) in [4.78, 5) is 23.7. The molecule has 1 aromatic heterocycles. The summed E-state index contributed by atoms with van der Waals surface area (Å²) < 4.78 is 34.9. The number of carbonyl (C=O) groups is 2. The second-order valence-corrected chi connectivity index (χ2v) is 7.87. The standard InChI is InChI=1S/C15H12ClN5O4S2/c16-10-5-2-1-4-9(10)15(23)19-18-13(22)8-17-27(24,25)12-7-3-6-11-14(12)21-26-20-11/h1-7,17H,8H2,(H,18,22)(H,19,23). The number of benzene rings is 2. The summed E-state index contributed by atoms with van der Waals surface area (Å²) in [5.41, 5.74) is 5.11. The molecule has 12 heteroatoms. The molecule has 0 aliphatic rings. The molecule has 0 aliphatic carbocycles. The zero-order valence-electron chi connectivity index (χ0n) is 13.5. The van der Waals surface area contributed by atoms with Crippen molar-refractivity contribution in [2.75, 3.05) is 6.54 Å². The minimum Gasteiger partial charge on any atom is -0.272 e. The van der Waals surface area contributed by atoms with Crippen molar-refractivity contribution < 1.29 is 18.0 Å². The summed E-state index contributed by atoms with van der Waals surface area (Å²) in [6.45, 7) is -0.584. The molecule has 3 N–H and O–H groups in total. The molecule has 0 saturated heterocycles. The predicted molar refractivity (Wildman–Crippen MR) is 99.7 cm³/mol. The van der Waals surface area contributed by atoms with Gasteiger partial charge in [-0.2, -0.15) is 8.75 Å². The third-order valence-corrected chi connectivity index (χ3v) is 5.70. The molecule has 1 heterocycles. The number of halogens is 1. The van der Waals surface area contributed by atoms with E-state index in [1.54, 1.807) is 18.2 Å². The second kappa shape index (κ2) is 7.96. The number of hydrogen-bond donors (Lipinski definition) is 3. The number of amides is 2. The fourth-order valence-electron chi connectivity index (χ4n) is 2.12. The molecule has 140 valence electrons. The van der Waals surface area contributed by atoms with Crippen LogP contribution in [0.5, 0.6) is 0 Å². The van der Waals surface area contributed by atoms with Gasteiger partial charge in [-0.3, -0.25) is 20.4 Å². The van der Waals surface area contributed by atoms with Crippen LogP contribution in [0.1, 0.15) is 10.4 Å². The summed E-state index contributed by atoms with van der Waals surface area (Å²) in [6.07, 6.45) is 0. The van der Waals surface area contributed by atoms with Gasteiger partial charge in [-0.1, -0.05) is 29.8 Å². The van der Waals surface area contributed by atoms with E-state index in [0.29, 0.717) is 5.52 Å². The maximum atomic E-state index is 12.4. The minimum atomic E-state index is -3.99. The van der Waals surface area contributed by atoms with Crippen LogP contribution in [0.2, 0.25) is 5.02 Å². The Morgan fingerprint density at radius 2 is 1.81 bits per heavy atom. The van der Waals surface area contributed by atoms with E-state index in [4.69, 9.17) is 11.6 Å². The quantitative estimate of drug-likeness (QED) is 0.524. The van der Waals surface area contributed by atoms with E-state index in [0.717, 1.165) is 11.7 Å². The predicted octanol–water partition coefficient (Wildman–Crippen LogP) is 1.08. The van der Waals surface area contributed by atoms with Crippen molar-refractivity contribution in [3.8, 4) is 0 Å². The van der Waals surface area contributed by atoms with E-state index in [9.17, 15) is 18.0 Å². The number of carbonyl (C=O) groups excluding carboxylic acids is 2. The molecule has 0 spiro atoms. The van der Waals surface area contributed by atoms with E-state index in [2.05, 4.69) is 24.3 Å². The smallest absolute Gasteiger partial charge is 0.271 e. The lowest BCUT2D eigenvalue weighted by Crippen LogP contribution is -2.46. The van der Waals surface area contributed by atoms with E-state index in [1.165, 1.54) is 24.3 Å². The molecule has 0 aliphatic heterocycles. The van der Waals surface area contributed by atoms with Gasteiger partial charge >= 0.3 is 0 Å². The average molecular weight is 426 g/mol. The number of nitrogens with one attached hydrogen (secondary N) is 3. The molecule has 0 fully saturated rings. The van der Waals surface area contributed by atoms with Crippen LogP contribution in [0.4, 0.5) is 0 Å². The Bertz CT molecular complexity index is 1120. The summed E-state index contributed by atoms with van der Waals surface area (Å²) in [5.74, 6) is -1.39. The summed E-state index contributed by atoms with van der Waals surface area (Å²) in [5, 5.41) is 0.218. The number of fused-ring (bicyclic) bond motifs is 1. The molecule has 0 radical (unpaired) electrons. The topological polar surface area (TPSA) is 130 Å². The highest BCUT2D eigenvalue weighted by Crippen LogP contribution is 2.20. The molecule has 3 rings (SSSR count). The van der Waals surface area contributed by atoms with Crippen molar-refractivity contribution in [3.63, 3.8) is 0 Å². The van der Waals surface area contributed by atoms with Gasteiger partial charge in [0.25, 0.3) is 11.8 Å². The maximum absolute atomic E-state index is 12.4. The Morgan fingerprint density at radius 3 is 2.59 bits per heavy atom. The van der Waals surface area contributed by atoms with Crippen molar-refractivity contribution >= 4 is 56.2 Å². The van der Waals surface area contributed by atoms with Crippen molar-refractivity contribution in [2.24, 2.45) is 0 Å². The Hall–Kier alpha value is -2.60. The van der Waals surface area contributed by atoms with Crippen LogP contribution in [0.25, 0.3) is 11.0 Å². The molecular formula is C15H12ClN5O4S2. The normalized spacial score (nSPS) is 11.3. The molecule has 27 heavy (non-hydrogen) atoms. The summed E-state index contributed by atoms with van der Waals surface area (Å²) in [6, 6.07) is 10.8. The Kier molecular flexibility index (Phi) is 5.65. The van der Waals surface area contributed by atoms with Crippen LogP contribution in [-0.4, -0.2) is 35.5 Å². The van der Waals surface area contributed by atoms with Gasteiger partial charge in [-0.25, -0.2) is 13.1 Å². The fourth-order valence-corrected chi connectivity index (χ4v) is 4.09. The Labute approximate surface area is 163 Å². The van der Waals surface area contributed by atoms with Gasteiger partial charge in [-0.05, 0) is 24.3 Å². The molecular weight excluding hydrogens is 414 g/mol. The van der Waals surface area contributed by atoms with Crippen molar-refractivity contribution in [2.45, 2.75) is 4.90 Å². The molecule has 0 atom stereocenters. The van der Waals surface area contributed by atoms with E-state index >= 15 is 0 Å². The molecule has 0 saturated carbocycles. The van der Waals surface area contributed by atoms with Crippen LogP contribution in [0, 0.1) is 0 Å². The number of hydrazine groups is 1. The molecule has 2 aromatic carbocycles. The van der Waals surface area contributed by atoms with E-state index in [1.807, 2.05) is 0 Å². The molecule has 9 nitrogen and oxygen atoms in total. The third-order valence-electron chi connectivity index (χ3n) is 3.40. The Balaban J connectivity index is 1.59. The van der Waals surface area contributed by atoms with Crippen LogP contribution < -0.4 is 15.6 Å². The van der Waals surface area contributed by atoms with Gasteiger partial charge in [0.15, 0.2) is 0 Å². The van der Waals surface area contributed by atoms with Gasteiger partial charge in [0, 0.05) is 0 Å². The van der Waals surface area contributed by atoms with Crippen molar-refractivity contribution in [1.29, 1.82) is 0 Å². The van der Waals surface area contributed by atoms with Gasteiger partial charge in [-0.15, -0.1) is 0 Å². The van der Waals surface area contributed by atoms with Crippen molar-refractivity contribution in [1.82, 2.24) is 24.3 Å². The highest BCUT2D eigenvalue weighted by atomic mass is 35.5. The zero-order chi connectivity index (χ0) is 19.4. The van der Waals surface area contributed by atoms with Crippen molar-refractivity contribution in [3.05, 3.63) is 53.1 Å². The minimum absolute atomic E-state index is 0.0818. The lowest BCUT2D eigenvalue weighted by molar-refractivity contribution is -0.120. The lowest BCUT2D eigenvalue weighted by Gasteiger charge is -2.10. The molecule has 3 aromatic rings. The van der Waals surface area contributed by atoms with Crippen LogP contribution in [0.15, 0.2) is 47.4 Å². The fraction of sp³-hybridized carbons (Fsp3) is 0.0667. The summed E-state index contributed by atoms with van der Waals surface area (Å²) in [7, 11) is -3.99. The van der Waals surface area contributed by atoms with Crippen LogP contribution in [-0.2, 0) is 14.8 Å². The van der Waals surface area contributed by atoms with Crippen LogP contribution >= 0.6 is 23.3 Å². The van der Waals surface area contributed by atoms with Crippen LogP contribution in [0.3, 0.4) is 0 Å². The maximum Gasteiger partial charge on any atom is 0.271 e. The van der Waals surface area contributed by atoms with Gasteiger partial charge in [0.2, 0.25) is 10.0 Å². The first-order valence-corrected chi connectivity index (χ1v) is 10.0. The van der Waals surface area contributed by atoms with Gasteiger partial charge in [0.05, 0.1) is 28.9 Å². The monoisotopic (exact) mass is 425 g/mol. The zero-order valence-corrected chi connectivity index (χ0v) is 15.9. The number of aromatic nitrogens is 2. The molecule has 2 amide bonds. The average Bonchev–Trinajstić information content (AvgIpc) is 3.13. The van der Waals surface area contributed by atoms with Gasteiger partial charge < -0.3 is 0 Å². The SMILES string of the molecule is O=C(CNS(=O)(=O)c1cccc2nsnc12)NNC(=O)c1ccccc1Cl. The second-order valence-electron chi connectivity index (χ2n) is 5.19. The number of sulfonamides is 1. The molecule has 0 unspecified atom stereocenters. The van der Waals surface area contributed by atoms with E-state index in [-0.39, 0.29) is 21.0 Å². The molecule has 0 bridgehead atoms. The summed E-state index contributed by atoms with van der Waals surface area (Å²) >= 11 is 6.77. The largest absolute Gasteiger partial charge is 0.272 e. The highest BCUT2D eigenvalue weighted by Gasteiger charge is 2.20.